The van der Waals surface area contributed by atoms with Gasteiger partial charge in [0.15, 0.2) is 29.1 Å². The zero-order valence-corrected chi connectivity index (χ0v) is 18.3. The summed E-state index contributed by atoms with van der Waals surface area (Å²) in [5.74, 6) is 3.18. The van der Waals surface area contributed by atoms with E-state index in [1.807, 2.05) is 12.1 Å². The molecule has 11 nitrogen and oxygen atoms in total. The highest BCUT2D eigenvalue weighted by molar-refractivity contribution is 5.69. The quantitative estimate of drug-likeness (QED) is 0.391. The lowest BCUT2D eigenvalue weighted by Gasteiger charge is -2.22. The number of imidazole rings is 1. The van der Waals surface area contributed by atoms with Gasteiger partial charge in [0.25, 0.3) is 5.56 Å². The summed E-state index contributed by atoms with van der Waals surface area (Å²) in [4.78, 5) is 32.1. The Balaban J connectivity index is 1.05. The van der Waals surface area contributed by atoms with Crippen LogP contribution >= 0.6 is 0 Å². The summed E-state index contributed by atoms with van der Waals surface area (Å²) in [6, 6.07) is 8.33. The highest BCUT2D eigenvalue weighted by Crippen LogP contribution is 2.58. The summed E-state index contributed by atoms with van der Waals surface area (Å²) < 4.78 is 14.0. The molecule has 0 amide bonds. The standard InChI is InChI=1S/C23H20N8O3/c1-29-10-25-22-20(29)23(32)31(11-26-22)9-18-27-21(28-34-18)19-15-7-30(8-16(15)19)14-4-2-3-13(5-14)17-6-24-12-33-17/h2-6,10-12,15-16,19H,7-9H2,1H3. The zero-order chi connectivity index (χ0) is 22.8. The van der Waals surface area contributed by atoms with Gasteiger partial charge in [0.1, 0.15) is 12.9 Å². The molecule has 7 rings (SSSR count). The van der Waals surface area contributed by atoms with Crippen molar-refractivity contribution < 1.29 is 8.94 Å². The van der Waals surface area contributed by atoms with E-state index in [0.29, 0.717) is 34.8 Å². The van der Waals surface area contributed by atoms with Crippen LogP contribution in [0.3, 0.4) is 0 Å². The Labute approximate surface area is 192 Å². The Morgan fingerprint density at radius 3 is 2.82 bits per heavy atom. The first kappa shape index (κ1) is 19.2. The number of aryl methyl sites for hydroxylation is 1. The number of oxazole rings is 1. The van der Waals surface area contributed by atoms with E-state index in [2.05, 4.69) is 42.1 Å². The second kappa shape index (κ2) is 7.11. The first-order valence-electron chi connectivity index (χ1n) is 11.1. The molecule has 2 unspecified atom stereocenters. The summed E-state index contributed by atoms with van der Waals surface area (Å²) in [5, 5.41) is 4.22. The van der Waals surface area contributed by atoms with Crippen molar-refractivity contribution in [3.8, 4) is 11.3 Å². The minimum Gasteiger partial charge on any atom is -0.444 e. The average molecular weight is 456 g/mol. The highest BCUT2D eigenvalue weighted by Gasteiger charge is 2.58. The molecule has 0 bridgehead atoms. The maximum Gasteiger partial charge on any atom is 0.280 e. The summed E-state index contributed by atoms with van der Waals surface area (Å²) in [7, 11) is 1.77. The monoisotopic (exact) mass is 456 g/mol. The number of rotatable bonds is 5. The average Bonchev–Trinajstić information content (AvgIpc) is 3.47. The van der Waals surface area contributed by atoms with Crippen LogP contribution in [0.2, 0.25) is 0 Å². The highest BCUT2D eigenvalue weighted by atomic mass is 16.5. The van der Waals surface area contributed by atoms with Crippen molar-refractivity contribution in [1.82, 2.24) is 34.2 Å². The second-order valence-corrected chi connectivity index (χ2v) is 8.93. The van der Waals surface area contributed by atoms with Gasteiger partial charge in [-0.15, -0.1) is 0 Å². The van der Waals surface area contributed by atoms with Gasteiger partial charge in [0.05, 0.1) is 12.5 Å². The second-order valence-electron chi connectivity index (χ2n) is 8.93. The molecule has 5 heterocycles. The molecular formula is C23H20N8O3. The first-order valence-corrected chi connectivity index (χ1v) is 11.1. The summed E-state index contributed by atoms with van der Waals surface area (Å²) >= 11 is 0. The Morgan fingerprint density at radius 1 is 1.15 bits per heavy atom. The van der Waals surface area contributed by atoms with Crippen LogP contribution in [-0.4, -0.2) is 47.3 Å². The van der Waals surface area contributed by atoms with E-state index in [1.165, 1.54) is 23.0 Å². The molecular weight excluding hydrogens is 436 g/mol. The van der Waals surface area contributed by atoms with Crippen LogP contribution < -0.4 is 10.5 Å². The summed E-state index contributed by atoms with van der Waals surface area (Å²) in [6.07, 6.45) is 6.22. The molecule has 1 saturated carbocycles. The van der Waals surface area contributed by atoms with Gasteiger partial charge in [-0.05, 0) is 24.0 Å². The largest absolute Gasteiger partial charge is 0.444 e. The van der Waals surface area contributed by atoms with E-state index in [-0.39, 0.29) is 12.1 Å². The molecule has 0 spiro atoms. The topological polar surface area (TPSA) is 121 Å². The third-order valence-electron chi connectivity index (χ3n) is 6.91. The van der Waals surface area contributed by atoms with Gasteiger partial charge >= 0.3 is 0 Å². The lowest BCUT2D eigenvalue weighted by molar-refractivity contribution is 0.363. The van der Waals surface area contributed by atoms with Crippen molar-refractivity contribution in [3.63, 3.8) is 0 Å². The van der Waals surface area contributed by atoms with Gasteiger partial charge in [-0.25, -0.2) is 15.0 Å². The smallest absolute Gasteiger partial charge is 0.280 e. The summed E-state index contributed by atoms with van der Waals surface area (Å²) in [6.45, 7) is 2.07. The van der Waals surface area contributed by atoms with E-state index >= 15 is 0 Å². The molecule has 2 fully saturated rings. The van der Waals surface area contributed by atoms with E-state index in [1.54, 1.807) is 24.1 Å². The van der Waals surface area contributed by atoms with Crippen LogP contribution in [-0.2, 0) is 13.6 Å². The van der Waals surface area contributed by atoms with E-state index in [9.17, 15) is 4.79 Å². The predicted molar refractivity (Wildman–Crippen MR) is 120 cm³/mol. The van der Waals surface area contributed by atoms with Crippen LogP contribution in [0.15, 0.2) is 63.2 Å². The Kier molecular flexibility index (Phi) is 4.02. The van der Waals surface area contributed by atoms with Gasteiger partial charge in [-0.2, -0.15) is 4.98 Å². The lowest BCUT2D eigenvalue weighted by atomic mass is 10.1. The molecule has 2 atom stereocenters. The van der Waals surface area contributed by atoms with Crippen LogP contribution in [0.25, 0.3) is 22.5 Å². The fourth-order valence-corrected chi connectivity index (χ4v) is 5.13. The third kappa shape index (κ3) is 2.96. The molecule has 170 valence electrons. The number of benzene rings is 1. The van der Waals surface area contributed by atoms with Crippen LogP contribution in [0.4, 0.5) is 5.69 Å². The van der Waals surface area contributed by atoms with E-state index in [4.69, 9.17) is 8.94 Å². The molecule has 2 aliphatic rings. The minimum absolute atomic E-state index is 0.183. The SMILES string of the molecule is Cn1cnc2ncn(Cc3nc(C4C5CN(c6cccc(-c7cnco7)c6)CC54)no3)c(=O)c21. The van der Waals surface area contributed by atoms with Crippen LogP contribution in [0.1, 0.15) is 17.6 Å². The van der Waals surface area contributed by atoms with Gasteiger partial charge in [-0.3, -0.25) is 9.36 Å². The fraction of sp³-hybridized carbons (Fsp3) is 0.304. The van der Waals surface area contributed by atoms with Crippen molar-refractivity contribution in [2.24, 2.45) is 18.9 Å². The van der Waals surface area contributed by atoms with Crippen molar-refractivity contribution in [2.45, 2.75) is 12.5 Å². The normalized spacial score (nSPS) is 21.3. The Morgan fingerprint density at radius 2 is 2.00 bits per heavy atom. The number of hydrogen-bond acceptors (Lipinski definition) is 9. The third-order valence-corrected chi connectivity index (χ3v) is 6.91. The maximum absolute atomic E-state index is 12.8. The number of piperidine rings is 1. The van der Waals surface area contributed by atoms with Crippen LogP contribution in [0.5, 0.6) is 0 Å². The van der Waals surface area contributed by atoms with E-state index < -0.39 is 0 Å². The van der Waals surface area contributed by atoms with Gasteiger partial charge < -0.3 is 18.4 Å². The molecule has 1 saturated heterocycles. The number of aromatic nitrogens is 7. The molecule has 4 aromatic heterocycles. The number of anilines is 1. The molecule has 1 aliphatic heterocycles. The zero-order valence-electron chi connectivity index (χ0n) is 18.3. The number of hydrogen-bond donors (Lipinski definition) is 0. The molecule has 1 aliphatic carbocycles. The summed E-state index contributed by atoms with van der Waals surface area (Å²) in [5.41, 5.74) is 2.88. The molecule has 11 heteroatoms. The molecule has 5 aromatic rings. The molecule has 0 N–H and O–H groups in total. The van der Waals surface area contributed by atoms with Crippen molar-refractivity contribution in [2.75, 3.05) is 18.0 Å². The van der Waals surface area contributed by atoms with Crippen LogP contribution in [0, 0.1) is 11.8 Å². The van der Waals surface area contributed by atoms with Crippen molar-refractivity contribution >= 4 is 16.9 Å². The maximum atomic E-state index is 12.8. The van der Waals surface area contributed by atoms with Gasteiger partial charge in [0, 0.05) is 37.3 Å². The minimum atomic E-state index is -0.184. The fourth-order valence-electron chi connectivity index (χ4n) is 5.13. The number of fused-ring (bicyclic) bond motifs is 2. The van der Waals surface area contributed by atoms with Gasteiger partial charge in [0.2, 0.25) is 5.89 Å². The van der Waals surface area contributed by atoms with Gasteiger partial charge in [-0.1, -0.05) is 17.3 Å². The Hall–Kier alpha value is -4.28. The predicted octanol–water partition coefficient (Wildman–Crippen LogP) is 2.07. The first-order chi connectivity index (χ1) is 16.7. The van der Waals surface area contributed by atoms with E-state index in [0.717, 1.165) is 30.2 Å². The lowest BCUT2D eigenvalue weighted by Crippen LogP contribution is -2.23. The van der Waals surface area contributed by atoms with Crippen molar-refractivity contribution in [3.05, 3.63) is 71.6 Å². The molecule has 34 heavy (non-hydrogen) atoms. The van der Waals surface area contributed by atoms with Crippen molar-refractivity contribution in [1.29, 1.82) is 0 Å². The Bertz CT molecular complexity index is 1550. The molecule has 0 radical (unpaired) electrons. The molecule has 1 aromatic carbocycles. The number of nitrogens with zero attached hydrogens (tertiary/aromatic N) is 8.